The number of aryl methyl sites for hydroxylation is 1. The number of halogens is 1. The molecule has 0 aliphatic heterocycles. The van der Waals surface area contributed by atoms with Gasteiger partial charge >= 0.3 is 0 Å². The summed E-state index contributed by atoms with van der Waals surface area (Å²) in [5, 5.41) is 14.5. The summed E-state index contributed by atoms with van der Waals surface area (Å²) in [5.41, 5.74) is 0.791. The van der Waals surface area contributed by atoms with Crippen LogP contribution in [0.2, 0.25) is 0 Å². The normalized spacial score (nSPS) is 11.9. The van der Waals surface area contributed by atoms with E-state index in [1.807, 2.05) is 6.92 Å². The third-order valence-electron chi connectivity index (χ3n) is 2.88. The summed E-state index contributed by atoms with van der Waals surface area (Å²) in [4.78, 5) is 22.5. The van der Waals surface area contributed by atoms with Gasteiger partial charge in [-0.2, -0.15) is 0 Å². The minimum atomic E-state index is -0.528. The van der Waals surface area contributed by atoms with Crippen LogP contribution in [0.3, 0.4) is 0 Å². The smallest absolute Gasteiger partial charge is 0.282 e. The maximum absolute atomic E-state index is 12.1. The Balaban J connectivity index is 2.98. The van der Waals surface area contributed by atoms with E-state index in [-0.39, 0.29) is 23.2 Å². The van der Waals surface area contributed by atoms with E-state index < -0.39 is 4.92 Å². The molecule has 0 aliphatic carbocycles. The highest BCUT2D eigenvalue weighted by atomic mass is 79.9. The Bertz CT molecular complexity index is 477. The van der Waals surface area contributed by atoms with Crippen LogP contribution in [0.5, 0.6) is 0 Å². The van der Waals surface area contributed by atoms with Crippen molar-refractivity contribution in [2.24, 2.45) is 0 Å². The molecule has 0 aromatic heterocycles. The number of carbonyl (C=O) groups excluding carboxylic acids is 1. The number of benzene rings is 1. The highest BCUT2D eigenvalue weighted by Gasteiger charge is 2.21. The molecule has 0 radical (unpaired) electrons. The molecule has 0 heterocycles. The molecular formula is C13H17BrN2O3. The predicted octanol–water partition coefficient (Wildman–Crippen LogP) is 3.20. The van der Waals surface area contributed by atoms with Crippen molar-refractivity contribution in [3.63, 3.8) is 0 Å². The van der Waals surface area contributed by atoms with E-state index in [0.29, 0.717) is 0 Å². The molecule has 1 aromatic carbocycles. The molecule has 1 aromatic rings. The number of nitro groups is 1. The van der Waals surface area contributed by atoms with Gasteiger partial charge in [0.15, 0.2) is 0 Å². The highest BCUT2D eigenvalue weighted by molar-refractivity contribution is 9.09. The summed E-state index contributed by atoms with van der Waals surface area (Å²) in [6, 6.07) is 4.57. The zero-order chi connectivity index (χ0) is 14.4. The van der Waals surface area contributed by atoms with Gasteiger partial charge in [0.25, 0.3) is 11.6 Å². The molecule has 0 bridgehead atoms. The van der Waals surface area contributed by atoms with Gasteiger partial charge in [0.05, 0.1) is 4.92 Å². The lowest BCUT2D eigenvalue weighted by Gasteiger charge is -2.15. The summed E-state index contributed by atoms with van der Waals surface area (Å²) in [6.07, 6.45) is 1.58. The lowest BCUT2D eigenvalue weighted by atomic mass is 10.1. The van der Waals surface area contributed by atoms with E-state index >= 15 is 0 Å². The SMILES string of the molecule is CCC(CCBr)NC(=O)c1cc(C)ccc1[N+](=O)[O-]. The zero-order valence-electron chi connectivity index (χ0n) is 11.0. The largest absolute Gasteiger partial charge is 0.349 e. The Labute approximate surface area is 120 Å². The Morgan fingerprint density at radius 3 is 2.74 bits per heavy atom. The van der Waals surface area contributed by atoms with Crippen molar-refractivity contribution in [3.8, 4) is 0 Å². The summed E-state index contributed by atoms with van der Waals surface area (Å²) in [7, 11) is 0. The number of hydrogen-bond acceptors (Lipinski definition) is 3. The number of alkyl halides is 1. The molecule has 1 rings (SSSR count). The van der Waals surface area contributed by atoms with Crippen LogP contribution >= 0.6 is 15.9 Å². The van der Waals surface area contributed by atoms with E-state index in [2.05, 4.69) is 21.2 Å². The van der Waals surface area contributed by atoms with Gasteiger partial charge in [-0.15, -0.1) is 0 Å². The molecular weight excluding hydrogens is 312 g/mol. The van der Waals surface area contributed by atoms with Gasteiger partial charge < -0.3 is 5.32 Å². The molecule has 1 amide bonds. The number of nitrogens with one attached hydrogen (secondary N) is 1. The molecule has 104 valence electrons. The summed E-state index contributed by atoms with van der Waals surface area (Å²) < 4.78 is 0. The number of rotatable bonds is 6. The molecule has 0 fully saturated rings. The van der Waals surface area contributed by atoms with E-state index in [1.165, 1.54) is 6.07 Å². The summed E-state index contributed by atoms with van der Waals surface area (Å²) in [6.45, 7) is 3.77. The zero-order valence-corrected chi connectivity index (χ0v) is 12.6. The van der Waals surface area contributed by atoms with Crippen LogP contribution in [0.4, 0.5) is 5.69 Å². The van der Waals surface area contributed by atoms with E-state index in [4.69, 9.17) is 0 Å². The molecule has 19 heavy (non-hydrogen) atoms. The standard InChI is InChI=1S/C13H17BrN2O3/c1-3-10(6-7-14)15-13(17)11-8-9(2)4-5-12(11)16(18)19/h4-5,8,10H,3,6-7H2,1-2H3,(H,15,17). The first-order valence-corrected chi connectivity index (χ1v) is 7.23. The molecule has 0 saturated carbocycles. The first-order valence-electron chi connectivity index (χ1n) is 6.11. The van der Waals surface area contributed by atoms with Crippen molar-refractivity contribution in [3.05, 3.63) is 39.4 Å². The molecule has 1 unspecified atom stereocenters. The fourth-order valence-electron chi connectivity index (χ4n) is 1.76. The minimum Gasteiger partial charge on any atom is -0.349 e. The molecule has 1 atom stereocenters. The van der Waals surface area contributed by atoms with Crippen molar-refractivity contribution in [1.29, 1.82) is 0 Å². The molecule has 5 nitrogen and oxygen atoms in total. The topological polar surface area (TPSA) is 72.2 Å². The van der Waals surface area contributed by atoms with Gasteiger partial charge in [-0.3, -0.25) is 14.9 Å². The Morgan fingerprint density at radius 1 is 1.53 bits per heavy atom. The maximum atomic E-state index is 12.1. The van der Waals surface area contributed by atoms with Crippen molar-refractivity contribution in [1.82, 2.24) is 5.32 Å². The van der Waals surface area contributed by atoms with E-state index in [1.54, 1.807) is 19.1 Å². The first-order chi connectivity index (χ1) is 8.99. The number of carbonyl (C=O) groups is 1. The minimum absolute atomic E-state index is 0.0204. The quantitative estimate of drug-likeness (QED) is 0.495. The maximum Gasteiger partial charge on any atom is 0.282 e. The van der Waals surface area contributed by atoms with Gasteiger partial charge in [0.2, 0.25) is 0 Å². The average Bonchev–Trinajstić information content (AvgIpc) is 2.37. The monoisotopic (exact) mass is 328 g/mol. The molecule has 0 aliphatic rings. The Hall–Kier alpha value is -1.43. The van der Waals surface area contributed by atoms with Crippen molar-refractivity contribution < 1.29 is 9.72 Å². The van der Waals surface area contributed by atoms with Gasteiger partial charge in [-0.25, -0.2) is 0 Å². The van der Waals surface area contributed by atoms with Crippen LogP contribution in [-0.4, -0.2) is 22.2 Å². The lowest BCUT2D eigenvalue weighted by molar-refractivity contribution is -0.385. The van der Waals surface area contributed by atoms with Crippen LogP contribution in [0.1, 0.15) is 35.7 Å². The van der Waals surface area contributed by atoms with Crippen molar-refractivity contribution in [2.45, 2.75) is 32.7 Å². The van der Waals surface area contributed by atoms with Crippen molar-refractivity contribution in [2.75, 3.05) is 5.33 Å². The molecule has 0 saturated heterocycles. The molecule has 1 N–H and O–H groups in total. The average molecular weight is 329 g/mol. The van der Waals surface area contributed by atoms with Crippen LogP contribution in [0, 0.1) is 17.0 Å². The number of nitrogens with zero attached hydrogens (tertiary/aromatic N) is 1. The second-order valence-electron chi connectivity index (χ2n) is 4.33. The van der Waals surface area contributed by atoms with E-state index in [9.17, 15) is 14.9 Å². The Morgan fingerprint density at radius 2 is 2.21 bits per heavy atom. The first kappa shape index (κ1) is 15.6. The van der Waals surface area contributed by atoms with Crippen LogP contribution in [0.25, 0.3) is 0 Å². The van der Waals surface area contributed by atoms with Crippen LogP contribution < -0.4 is 5.32 Å². The number of hydrogen-bond donors (Lipinski definition) is 1. The van der Waals surface area contributed by atoms with Crippen LogP contribution in [-0.2, 0) is 0 Å². The lowest BCUT2D eigenvalue weighted by Crippen LogP contribution is -2.35. The second kappa shape index (κ2) is 7.23. The molecule has 0 spiro atoms. The van der Waals surface area contributed by atoms with E-state index in [0.717, 1.165) is 23.7 Å². The van der Waals surface area contributed by atoms with Gasteiger partial charge in [0, 0.05) is 17.4 Å². The van der Waals surface area contributed by atoms with Crippen LogP contribution in [0.15, 0.2) is 18.2 Å². The third-order valence-corrected chi connectivity index (χ3v) is 3.34. The highest BCUT2D eigenvalue weighted by Crippen LogP contribution is 2.20. The predicted molar refractivity (Wildman–Crippen MR) is 77.8 cm³/mol. The van der Waals surface area contributed by atoms with Gasteiger partial charge in [-0.1, -0.05) is 28.9 Å². The fraction of sp³-hybridized carbons (Fsp3) is 0.462. The second-order valence-corrected chi connectivity index (χ2v) is 5.13. The summed E-state index contributed by atoms with van der Waals surface area (Å²) >= 11 is 3.33. The van der Waals surface area contributed by atoms with Gasteiger partial charge in [0.1, 0.15) is 5.56 Å². The van der Waals surface area contributed by atoms with Crippen molar-refractivity contribution >= 4 is 27.5 Å². The number of amides is 1. The summed E-state index contributed by atoms with van der Waals surface area (Å²) in [5.74, 6) is -0.386. The molecule has 6 heteroatoms. The number of nitro benzene ring substituents is 1. The Kier molecular flexibility index (Phi) is 5.95. The van der Waals surface area contributed by atoms with Gasteiger partial charge in [-0.05, 0) is 31.4 Å². The fourth-order valence-corrected chi connectivity index (χ4v) is 2.32. The third kappa shape index (κ3) is 4.31.